The third kappa shape index (κ3) is 2.45. The molecule has 0 aliphatic rings. The fourth-order valence-electron chi connectivity index (χ4n) is 1.44. The summed E-state index contributed by atoms with van der Waals surface area (Å²) in [5.74, 6) is -0.108. The molecule has 0 saturated heterocycles. The largest absolute Gasteiger partial charge is 0.504 e. The lowest BCUT2D eigenvalue weighted by Crippen LogP contribution is -2.13. The van der Waals surface area contributed by atoms with E-state index in [2.05, 4.69) is 10.1 Å². The van der Waals surface area contributed by atoms with Gasteiger partial charge in [-0.05, 0) is 29.3 Å². The maximum atomic E-state index is 9.33. The monoisotopic (exact) mass is 236 g/mol. The van der Waals surface area contributed by atoms with Crippen molar-refractivity contribution in [1.82, 2.24) is 10.1 Å². The molecule has 1 aromatic carbocycles. The quantitative estimate of drug-likeness (QED) is 0.563. The Labute approximate surface area is 96.7 Å². The summed E-state index contributed by atoms with van der Waals surface area (Å²) < 4.78 is 4.83. The molecule has 0 spiro atoms. The van der Waals surface area contributed by atoms with Gasteiger partial charge in [0.2, 0.25) is 5.89 Å². The zero-order valence-electron chi connectivity index (χ0n) is 8.87. The van der Waals surface area contributed by atoms with E-state index in [1.54, 1.807) is 6.07 Å². The van der Waals surface area contributed by atoms with Crippen molar-refractivity contribution in [2.75, 3.05) is 5.73 Å². The summed E-state index contributed by atoms with van der Waals surface area (Å²) in [5, 5.41) is 21.9. The smallest absolute Gasteiger partial charge is 0.260 e. The van der Waals surface area contributed by atoms with Crippen molar-refractivity contribution in [1.29, 1.82) is 0 Å². The number of nitrogen functional groups attached to an aromatic ring is 1. The molecule has 0 bridgehead atoms. The Bertz CT molecular complexity index is 526. The zero-order chi connectivity index (χ0) is 12.4. The Hall–Kier alpha value is -2.28. The van der Waals surface area contributed by atoms with Gasteiger partial charge in [-0.15, -0.1) is 0 Å². The normalized spacial score (nSPS) is 12.5. The molecule has 0 fully saturated rings. The van der Waals surface area contributed by atoms with E-state index in [-0.39, 0.29) is 23.3 Å². The van der Waals surface area contributed by atoms with Crippen LogP contribution in [0, 0.1) is 0 Å². The zero-order valence-corrected chi connectivity index (χ0v) is 8.87. The highest BCUT2D eigenvalue weighted by Gasteiger charge is 2.15. The average molecular weight is 236 g/mol. The molecule has 7 heteroatoms. The van der Waals surface area contributed by atoms with Crippen LogP contribution in [0.2, 0.25) is 0 Å². The van der Waals surface area contributed by atoms with E-state index in [1.165, 1.54) is 12.1 Å². The van der Waals surface area contributed by atoms with E-state index in [4.69, 9.17) is 21.1 Å². The van der Waals surface area contributed by atoms with Crippen LogP contribution in [0.25, 0.3) is 0 Å². The second kappa shape index (κ2) is 4.30. The highest BCUT2D eigenvalue weighted by atomic mass is 16.5. The van der Waals surface area contributed by atoms with Crippen molar-refractivity contribution < 1.29 is 14.7 Å². The van der Waals surface area contributed by atoms with E-state index in [9.17, 15) is 5.11 Å². The van der Waals surface area contributed by atoms with Crippen LogP contribution in [0.4, 0.5) is 5.95 Å². The number of hydrogen-bond acceptors (Lipinski definition) is 7. The molecule has 0 aliphatic heterocycles. The molecule has 1 aromatic heterocycles. The number of nitrogens with two attached hydrogens (primary N) is 2. The number of hydrogen-bond donors (Lipinski definition) is 4. The van der Waals surface area contributed by atoms with Gasteiger partial charge in [-0.2, -0.15) is 4.98 Å². The molecule has 17 heavy (non-hydrogen) atoms. The highest BCUT2D eigenvalue weighted by molar-refractivity contribution is 5.40. The van der Waals surface area contributed by atoms with Crippen LogP contribution in [0.1, 0.15) is 17.5 Å². The molecule has 0 aliphatic carbocycles. The van der Waals surface area contributed by atoms with Gasteiger partial charge in [-0.25, -0.2) is 0 Å². The maximum absolute atomic E-state index is 9.33. The van der Waals surface area contributed by atoms with Crippen LogP contribution in [-0.2, 0) is 6.42 Å². The lowest BCUT2D eigenvalue weighted by molar-refractivity contribution is 0.354. The third-order valence-corrected chi connectivity index (χ3v) is 2.27. The summed E-state index contributed by atoms with van der Waals surface area (Å²) in [7, 11) is 0. The lowest BCUT2D eigenvalue weighted by atomic mass is 10.1. The fraction of sp³-hybridized carbons (Fsp3) is 0.200. The molecule has 6 N–H and O–H groups in total. The molecule has 1 atom stereocenters. The van der Waals surface area contributed by atoms with Crippen molar-refractivity contribution >= 4 is 5.95 Å². The third-order valence-electron chi connectivity index (χ3n) is 2.27. The number of benzene rings is 1. The fourth-order valence-corrected chi connectivity index (χ4v) is 1.44. The molecule has 2 rings (SSSR count). The second-order valence-electron chi connectivity index (χ2n) is 3.62. The van der Waals surface area contributed by atoms with Gasteiger partial charge in [-0.3, -0.25) is 0 Å². The van der Waals surface area contributed by atoms with Crippen molar-refractivity contribution in [3.63, 3.8) is 0 Å². The van der Waals surface area contributed by atoms with Crippen LogP contribution >= 0.6 is 0 Å². The minimum Gasteiger partial charge on any atom is -0.504 e. The molecule has 90 valence electrons. The maximum Gasteiger partial charge on any atom is 0.260 e. The van der Waals surface area contributed by atoms with Crippen LogP contribution in [0.3, 0.4) is 0 Å². The van der Waals surface area contributed by atoms with Crippen LogP contribution in [0.5, 0.6) is 11.5 Å². The number of rotatable bonds is 3. The SMILES string of the molecule is Nc1noc(C(N)Cc2ccc(O)c(O)c2)n1. The molecular weight excluding hydrogens is 224 g/mol. The summed E-state index contributed by atoms with van der Waals surface area (Å²) in [4.78, 5) is 3.81. The second-order valence-corrected chi connectivity index (χ2v) is 3.62. The van der Waals surface area contributed by atoms with Crippen molar-refractivity contribution in [2.45, 2.75) is 12.5 Å². The van der Waals surface area contributed by atoms with Crippen molar-refractivity contribution in [2.24, 2.45) is 5.73 Å². The van der Waals surface area contributed by atoms with Gasteiger partial charge in [0.05, 0.1) is 6.04 Å². The van der Waals surface area contributed by atoms with Gasteiger partial charge in [-0.1, -0.05) is 6.07 Å². The van der Waals surface area contributed by atoms with Crippen LogP contribution in [-0.4, -0.2) is 20.4 Å². The summed E-state index contributed by atoms with van der Waals surface area (Å²) in [5.41, 5.74) is 11.9. The first-order valence-electron chi connectivity index (χ1n) is 4.92. The number of nitrogens with zero attached hydrogens (tertiary/aromatic N) is 2. The average Bonchev–Trinajstić information content (AvgIpc) is 2.70. The van der Waals surface area contributed by atoms with E-state index >= 15 is 0 Å². The standard InChI is InChI=1S/C10H12N4O3/c11-6(9-13-10(12)14-17-9)3-5-1-2-7(15)8(16)4-5/h1-2,4,6,15-16H,3,11H2,(H2,12,14). The molecular formula is C10H12N4O3. The molecule has 7 nitrogen and oxygen atoms in total. The summed E-state index contributed by atoms with van der Waals surface area (Å²) in [6, 6.07) is 3.95. The van der Waals surface area contributed by atoms with Crippen LogP contribution in [0.15, 0.2) is 22.7 Å². The molecule has 1 unspecified atom stereocenters. The first-order chi connectivity index (χ1) is 8.06. The lowest BCUT2D eigenvalue weighted by Gasteiger charge is -2.07. The minimum atomic E-state index is -0.510. The number of phenols is 2. The van der Waals surface area contributed by atoms with Crippen molar-refractivity contribution in [3.8, 4) is 11.5 Å². The summed E-state index contributed by atoms with van der Waals surface area (Å²) in [6.45, 7) is 0. The minimum absolute atomic E-state index is 0.0315. The van der Waals surface area contributed by atoms with E-state index < -0.39 is 6.04 Å². The van der Waals surface area contributed by atoms with Crippen molar-refractivity contribution in [3.05, 3.63) is 29.7 Å². The number of aromatic nitrogens is 2. The topological polar surface area (TPSA) is 131 Å². The number of phenolic OH excluding ortho intramolecular Hbond substituents is 2. The Morgan fingerprint density at radius 2 is 2.06 bits per heavy atom. The highest BCUT2D eigenvalue weighted by Crippen LogP contribution is 2.26. The van der Waals surface area contributed by atoms with Gasteiger partial charge < -0.3 is 26.2 Å². The van der Waals surface area contributed by atoms with Crippen LogP contribution < -0.4 is 11.5 Å². The first-order valence-corrected chi connectivity index (χ1v) is 4.92. The van der Waals surface area contributed by atoms with E-state index in [0.29, 0.717) is 6.42 Å². The Kier molecular flexibility index (Phi) is 2.84. The Morgan fingerprint density at radius 1 is 1.29 bits per heavy atom. The van der Waals surface area contributed by atoms with Gasteiger partial charge in [0.15, 0.2) is 11.5 Å². The summed E-state index contributed by atoms with van der Waals surface area (Å²) in [6.07, 6.45) is 0.384. The summed E-state index contributed by atoms with van der Waals surface area (Å²) >= 11 is 0. The van der Waals surface area contributed by atoms with Gasteiger partial charge >= 0.3 is 0 Å². The Balaban J connectivity index is 2.12. The molecule has 2 aromatic rings. The van der Waals surface area contributed by atoms with Gasteiger partial charge in [0.25, 0.3) is 5.95 Å². The molecule has 0 amide bonds. The number of aromatic hydroxyl groups is 2. The Morgan fingerprint density at radius 3 is 2.65 bits per heavy atom. The van der Waals surface area contributed by atoms with Gasteiger partial charge in [0.1, 0.15) is 0 Å². The number of anilines is 1. The predicted molar refractivity (Wildman–Crippen MR) is 59.1 cm³/mol. The first kappa shape index (κ1) is 11.2. The molecule has 1 heterocycles. The predicted octanol–water partition coefficient (Wildman–Crippen LogP) is 0.305. The molecule has 0 saturated carbocycles. The van der Waals surface area contributed by atoms with E-state index in [0.717, 1.165) is 5.56 Å². The van der Waals surface area contributed by atoms with Gasteiger partial charge in [0, 0.05) is 0 Å². The molecule has 0 radical (unpaired) electrons. The van der Waals surface area contributed by atoms with E-state index in [1.807, 2.05) is 0 Å².